The highest BCUT2D eigenvalue weighted by atomic mass is 19.4. The standard InChI is InChI=1S/C25H29F3O3/c1-2-3-5-10-23(25(26,27)28)31-24(29)21-12-11-20-16-22(14-13-19(20)15-21)30-17-18-8-6-4-7-9-18/h4,6-9,13-14,16,21,23H,2-3,5,10-12,15,17H2,1H3/t21?,23-/m1/s1. The van der Waals surface area contributed by atoms with Crippen LogP contribution < -0.4 is 4.74 Å². The molecule has 1 aliphatic carbocycles. The Morgan fingerprint density at radius 3 is 2.58 bits per heavy atom. The minimum Gasteiger partial charge on any atom is -0.489 e. The topological polar surface area (TPSA) is 35.5 Å². The Morgan fingerprint density at radius 1 is 1.10 bits per heavy atom. The number of halogens is 3. The summed E-state index contributed by atoms with van der Waals surface area (Å²) in [7, 11) is 0. The third-order valence-corrected chi connectivity index (χ3v) is 5.68. The van der Waals surface area contributed by atoms with Crippen LogP contribution >= 0.6 is 0 Å². The third kappa shape index (κ3) is 6.74. The Morgan fingerprint density at radius 2 is 1.87 bits per heavy atom. The van der Waals surface area contributed by atoms with Crippen LogP contribution in [0.15, 0.2) is 48.5 Å². The van der Waals surface area contributed by atoms with E-state index in [1.165, 1.54) is 0 Å². The number of aryl methyl sites for hydroxylation is 1. The van der Waals surface area contributed by atoms with Crippen LogP contribution in [0.3, 0.4) is 0 Å². The summed E-state index contributed by atoms with van der Waals surface area (Å²) in [5, 5.41) is 0. The van der Waals surface area contributed by atoms with Gasteiger partial charge in [0.15, 0.2) is 6.10 Å². The minimum atomic E-state index is -4.53. The number of carbonyl (C=O) groups is 1. The van der Waals surface area contributed by atoms with Crippen molar-refractivity contribution in [1.82, 2.24) is 0 Å². The van der Waals surface area contributed by atoms with E-state index in [1.807, 2.05) is 55.5 Å². The van der Waals surface area contributed by atoms with Gasteiger partial charge in [0.1, 0.15) is 12.4 Å². The maximum atomic E-state index is 13.3. The molecule has 0 heterocycles. The molecule has 3 nitrogen and oxygen atoms in total. The van der Waals surface area contributed by atoms with Gasteiger partial charge < -0.3 is 9.47 Å². The first-order chi connectivity index (χ1) is 14.9. The number of unbranched alkanes of at least 4 members (excludes halogenated alkanes) is 2. The van der Waals surface area contributed by atoms with E-state index in [1.54, 1.807) is 0 Å². The van der Waals surface area contributed by atoms with Crippen molar-refractivity contribution in [2.75, 3.05) is 0 Å². The Balaban J connectivity index is 1.57. The molecule has 0 saturated heterocycles. The van der Waals surface area contributed by atoms with E-state index in [0.29, 0.717) is 38.7 Å². The molecule has 0 fully saturated rings. The lowest BCUT2D eigenvalue weighted by atomic mass is 9.84. The molecule has 0 N–H and O–H groups in total. The largest absolute Gasteiger partial charge is 0.489 e. The van der Waals surface area contributed by atoms with Crippen LogP contribution in [0.2, 0.25) is 0 Å². The monoisotopic (exact) mass is 434 g/mol. The van der Waals surface area contributed by atoms with Gasteiger partial charge >= 0.3 is 12.1 Å². The second kappa shape index (κ2) is 10.7. The predicted octanol–water partition coefficient (Wildman–Crippen LogP) is 6.42. The molecule has 0 bridgehead atoms. The summed E-state index contributed by atoms with van der Waals surface area (Å²) in [4.78, 5) is 12.5. The summed E-state index contributed by atoms with van der Waals surface area (Å²) in [6.45, 7) is 2.39. The van der Waals surface area contributed by atoms with Crippen molar-refractivity contribution < 1.29 is 27.4 Å². The highest BCUT2D eigenvalue weighted by molar-refractivity contribution is 5.73. The van der Waals surface area contributed by atoms with E-state index in [2.05, 4.69) is 0 Å². The maximum Gasteiger partial charge on any atom is 0.425 e. The van der Waals surface area contributed by atoms with Gasteiger partial charge in [0.2, 0.25) is 0 Å². The average Bonchev–Trinajstić information content (AvgIpc) is 2.76. The number of hydrogen-bond acceptors (Lipinski definition) is 3. The Hall–Kier alpha value is -2.50. The Labute approximate surface area is 181 Å². The Bertz CT molecular complexity index is 849. The lowest BCUT2D eigenvalue weighted by molar-refractivity contribution is -0.225. The van der Waals surface area contributed by atoms with Gasteiger partial charge in [-0.05, 0) is 60.9 Å². The highest BCUT2D eigenvalue weighted by Crippen LogP contribution is 2.32. The molecule has 1 unspecified atom stereocenters. The Kier molecular flexibility index (Phi) is 7.99. The molecule has 1 aliphatic rings. The molecule has 0 aromatic heterocycles. The van der Waals surface area contributed by atoms with E-state index < -0.39 is 24.2 Å². The number of alkyl halides is 3. The molecule has 31 heavy (non-hydrogen) atoms. The molecule has 0 amide bonds. The van der Waals surface area contributed by atoms with Gasteiger partial charge in [-0.1, -0.05) is 56.2 Å². The fourth-order valence-electron chi connectivity index (χ4n) is 3.87. The van der Waals surface area contributed by atoms with Gasteiger partial charge in [-0.15, -0.1) is 0 Å². The van der Waals surface area contributed by atoms with Crippen molar-refractivity contribution in [2.45, 2.75) is 70.8 Å². The first kappa shape index (κ1) is 23.2. The fraction of sp³-hybridized carbons (Fsp3) is 0.480. The summed E-state index contributed by atoms with van der Waals surface area (Å²) < 4.78 is 50.6. The van der Waals surface area contributed by atoms with E-state index in [4.69, 9.17) is 9.47 Å². The number of hydrogen-bond donors (Lipinski definition) is 0. The van der Waals surface area contributed by atoms with E-state index >= 15 is 0 Å². The SMILES string of the molecule is CCCCC[C@@H](OC(=O)C1CCc2cc(OCc3ccccc3)ccc2C1)C(F)(F)F. The molecule has 6 heteroatoms. The molecule has 0 saturated carbocycles. The van der Waals surface area contributed by atoms with E-state index in [9.17, 15) is 18.0 Å². The zero-order chi connectivity index (χ0) is 22.3. The minimum absolute atomic E-state index is 0.172. The molecule has 0 aliphatic heterocycles. The lowest BCUT2D eigenvalue weighted by Gasteiger charge is -2.27. The average molecular weight is 434 g/mol. The molecule has 2 atom stereocenters. The van der Waals surface area contributed by atoms with E-state index in [-0.39, 0.29) is 6.42 Å². The molecule has 2 aromatic rings. The quantitative estimate of drug-likeness (QED) is 0.337. The number of benzene rings is 2. The molecule has 2 aromatic carbocycles. The van der Waals surface area contributed by atoms with Crippen LogP contribution in [0.5, 0.6) is 5.75 Å². The van der Waals surface area contributed by atoms with Gasteiger partial charge in [0.05, 0.1) is 5.92 Å². The fourth-order valence-corrected chi connectivity index (χ4v) is 3.87. The highest BCUT2D eigenvalue weighted by Gasteiger charge is 2.43. The van der Waals surface area contributed by atoms with Crippen LogP contribution in [0.4, 0.5) is 13.2 Å². The third-order valence-electron chi connectivity index (χ3n) is 5.68. The van der Waals surface area contributed by atoms with Crippen molar-refractivity contribution in [3.05, 3.63) is 65.2 Å². The van der Waals surface area contributed by atoms with Crippen LogP contribution in [0, 0.1) is 5.92 Å². The van der Waals surface area contributed by atoms with Gasteiger partial charge in [0, 0.05) is 0 Å². The van der Waals surface area contributed by atoms with Crippen molar-refractivity contribution in [2.24, 2.45) is 5.92 Å². The second-order valence-electron chi connectivity index (χ2n) is 8.11. The summed E-state index contributed by atoms with van der Waals surface area (Å²) >= 11 is 0. The lowest BCUT2D eigenvalue weighted by Crippen LogP contribution is -2.37. The van der Waals surface area contributed by atoms with Crippen molar-refractivity contribution >= 4 is 5.97 Å². The van der Waals surface area contributed by atoms with Crippen molar-refractivity contribution in [1.29, 1.82) is 0 Å². The second-order valence-corrected chi connectivity index (χ2v) is 8.11. The van der Waals surface area contributed by atoms with Gasteiger partial charge in [0.25, 0.3) is 0 Å². The molecule has 168 valence electrons. The zero-order valence-corrected chi connectivity index (χ0v) is 17.8. The predicted molar refractivity (Wildman–Crippen MR) is 113 cm³/mol. The number of fused-ring (bicyclic) bond motifs is 1. The van der Waals surface area contributed by atoms with Gasteiger partial charge in [-0.2, -0.15) is 13.2 Å². The van der Waals surface area contributed by atoms with Crippen LogP contribution in [0.25, 0.3) is 0 Å². The molecule has 0 radical (unpaired) electrons. The van der Waals surface area contributed by atoms with Gasteiger partial charge in [-0.25, -0.2) is 0 Å². The van der Waals surface area contributed by atoms with Crippen LogP contribution in [-0.4, -0.2) is 18.2 Å². The summed E-state index contributed by atoms with van der Waals surface area (Å²) in [5.74, 6) is -0.537. The zero-order valence-electron chi connectivity index (χ0n) is 17.8. The summed E-state index contributed by atoms with van der Waals surface area (Å²) in [6, 6.07) is 15.6. The van der Waals surface area contributed by atoms with E-state index in [0.717, 1.165) is 28.9 Å². The van der Waals surface area contributed by atoms with Crippen molar-refractivity contribution in [3.8, 4) is 5.75 Å². The van der Waals surface area contributed by atoms with Crippen molar-refractivity contribution in [3.63, 3.8) is 0 Å². The number of ether oxygens (including phenoxy) is 2. The number of esters is 1. The van der Waals surface area contributed by atoms with Gasteiger partial charge in [-0.3, -0.25) is 4.79 Å². The summed E-state index contributed by atoms with van der Waals surface area (Å²) in [6.07, 6.45) is -3.32. The number of rotatable bonds is 9. The molecule has 3 rings (SSSR count). The first-order valence-corrected chi connectivity index (χ1v) is 10.9. The smallest absolute Gasteiger partial charge is 0.425 e. The number of carbonyl (C=O) groups excluding carboxylic acids is 1. The van der Waals surface area contributed by atoms with Crippen LogP contribution in [-0.2, 0) is 29.0 Å². The maximum absolute atomic E-state index is 13.3. The molecule has 0 spiro atoms. The van der Waals surface area contributed by atoms with Crippen LogP contribution in [0.1, 0.15) is 55.7 Å². The first-order valence-electron chi connectivity index (χ1n) is 10.9. The molecular formula is C25H29F3O3. The molecular weight excluding hydrogens is 405 g/mol. The normalized spacial score (nSPS) is 17.0. The summed E-state index contributed by atoms with van der Waals surface area (Å²) in [5.41, 5.74) is 3.11.